The van der Waals surface area contributed by atoms with Crippen molar-refractivity contribution < 1.29 is 14.7 Å². The molecule has 1 aromatic heterocycles. The average molecular weight is 213 g/mol. The summed E-state index contributed by atoms with van der Waals surface area (Å²) < 4.78 is 1.20. The summed E-state index contributed by atoms with van der Waals surface area (Å²) >= 11 is 0. The molecule has 82 valence electrons. The number of nitrogens with zero attached hydrogens (tertiary/aromatic N) is 4. The molecule has 0 aliphatic rings. The highest BCUT2D eigenvalue weighted by atomic mass is 16.4. The second-order valence-corrected chi connectivity index (χ2v) is 3.49. The third kappa shape index (κ3) is 3.01. The monoisotopic (exact) mass is 213 g/mol. The molecule has 1 rings (SSSR count). The van der Waals surface area contributed by atoms with Crippen LogP contribution >= 0.6 is 0 Å². The fourth-order valence-corrected chi connectivity index (χ4v) is 0.841. The standard InChI is InChI=1S/C7H11N5O3/c1-7(2,6(14)15)9-5(13)3-12-4-8-10-11-12/h4H,3H2,1-2H3,(H,9,13)(H,14,15). The van der Waals surface area contributed by atoms with Crippen molar-refractivity contribution in [3.8, 4) is 0 Å². The van der Waals surface area contributed by atoms with Gasteiger partial charge in [0.1, 0.15) is 18.4 Å². The zero-order valence-electron chi connectivity index (χ0n) is 8.34. The first-order chi connectivity index (χ1) is 6.92. The quantitative estimate of drug-likeness (QED) is 0.640. The minimum absolute atomic E-state index is 0.107. The summed E-state index contributed by atoms with van der Waals surface area (Å²) in [7, 11) is 0. The van der Waals surface area contributed by atoms with Crippen molar-refractivity contribution in [1.82, 2.24) is 25.5 Å². The van der Waals surface area contributed by atoms with Crippen LogP contribution in [0.15, 0.2) is 6.33 Å². The molecule has 0 bridgehead atoms. The second kappa shape index (κ2) is 4.03. The first kappa shape index (κ1) is 11.1. The molecule has 0 unspecified atom stereocenters. The van der Waals surface area contributed by atoms with E-state index in [9.17, 15) is 9.59 Å². The molecular weight excluding hydrogens is 202 g/mol. The number of aliphatic carboxylic acids is 1. The zero-order chi connectivity index (χ0) is 11.5. The average Bonchev–Trinajstić information content (AvgIpc) is 2.54. The Labute approximate surface area is 85.3 Å². The van der Waals surface area contributed by atoms with Gasteiger partial charge in [-0.15, -0.1) is 5.10 Å². The van der Waals surface area contributed by atoms with Crippen molar-refractivity contribution in [2.24, 2.45) is 0 Å². The molecule has 0 aliphatic carbocycles. The minimum Gasteiger partial charge on any atom is -0.480 e. The molecule has 8 nitrogen and oxygen atoms in total. The van der Waals surface area contributed by atoms with Gasteiger partial charge < -0.3 is 10.4 Å². The summed E-state index contributed by atoms with van der Waals surface area (Å²) in [4.78, 5) is 22.0. The number of rotatable bonds is 4. The lowest BCUT2D eigenvalue weighted by molar-refractivity contribution is -0.146. The molecule has 1 aromatic rings. The number of aromatic nitrogens is 4. The maximum absolute atomic E-state index is 11.3. The van der Waals surface area contributed by atoms with Crippen molar-refractivity contribution in [2.45, 2.75) is 25.9 Å². The van der Waals surface area contributed by atoms with Crippen LogP contribution in [0.5, 0.6) is 0 Å². The summed E-state index contributed by atoms with van der Waals surface area (Å²) in [6, 6.07) is 0. The number of hydrogen-bond acceptors (Lipinski definition) is 5. The van der Waals surface area contributed by atoms with E-state index in [4.69, 9.17) is 5.11 Å². The molecule has 0 saturated carbocycles. The Bertz CT molecular complexity index is 359. The predicted octanol–water partition coefficient (Wildman–Crippen LogP) is -1.35. The topological polar surface area (TPSA) is 110 Å². The number of carboxylic acid groups (broad SMARTS) is 1. The van der Waals surface area contributed by atoms with Gasteiger partial charge in [-0.1, -0.05) is 0 Å². The smallest absolute Gasteiger partial charge is 0.328 e. The molecule has 0 radical (unpaired) electrons. The van der Waals surface area contributed by atoms with Gasteiger partial charge in [0, 0.05) is 0 Å². The Morgan fingerprint density at radius 2 is 2.20 bits per heavy atom. The van der Waals surface area contributed by atoms with E-state index in [-0.39, 0.29) is 6.54 Å². The fraction of sp³-hybridized carbons (Fsp3) is 0.571. The molecular formula is C7H11N5O3. The molecule has 0 saturated heterocycles. The Kier molecular flexibility index (Phi) is 2.98. The SMILES string of the molecule is CC(C)(NC(=O)Cn1cnnn1)C(=O)O. The number of carboxylic acids is 1. The van der Waals surface area contributed by atoms with Crippen LogP contribution in [0.3, 0.4) is 0 Å². The van der Waals surface area contributed by atoms with Crippen LogP contribution in [0.25, 0.3) is 0 Å². The molecule has 1 amide bonds. The minimum atomic E-state index is -1.30. The molecule has 0 spiro atoms. The molecule has 0 aromatic carbocycles. The Balaban J connectivity index is 2.53. The van der Waals surface area contributed by atoms with E-state index >= 15 is 0 Å². The number of carbonyl (C=O) groups excluding carboxylic acids is 1. The highest BCUT2D eigenvalue weighted by Crippen LogP contribution is 2.01. The van der Waals surface area contributed by atoms with Crippen LogP contribution in [0.2, 0.25) is 0 Å². The molecule has 1 heterocycles. The zero-order valence-corrected chi connectivity index (χ0v) is 8.34. The summed E-state index contributed by atoms with van der Waals surface area (Å²) in [6.45, 7) is 2.68. The van der Waals surface area contributed by atoms with E-state index < -0.39 is 17.4 Å². The van der Waals surface area contributed by atoms with Gasteiger partial charge in [0.15, 0.2) is 0 Å². The third-order valence-electron chi connectivity index (χ3n) is 1.68. The molecule has 15 heavy (non-hydrogen) atoms. The second-order valence-electron chi connectivity index (χ2n) is 3.49. The van der Waals surface area contributed by atoms with Gasteiger partial charge in [0.05, 0.1) is 0 Å². The number of hydrogen-bond donors (Lipinski definition) is 2. The lowest BCUT2D eigenvalue weighted by Crippen LogP contribution is -2.50. The number of amides is 1. The van der Waals surface area contributed by atoms with Crippen LogP contribution in [-0.2, 0) is 16.1 Å². The molecule has 0 atom stereocenters. The molecule has 2 N–H and O–H groups in total. The first-order valence-corrected chi connectivity index (χ1v) is 4.17. The number of carbonyl (C=O) groups is 2. The highest BCUT2D eigenvalue weighted by Gasteiger charge is 2.28. The van der Waals surface area contributed by atoms with E-state index in [1.165, 1.54) is 24.9 Å². The van der Waals surface area contributed by atoms with E-state index in [2.05, 4.69) is 20.8 Å². The van der Waals surface area contributed by atoms with Crippen LogP contribution in [-0.4, -0.2) is 42.7 Å². The van der Waals surface area contributed by atoms with Gasteiger partial charge >= 0.3 is 5.97 Å². The van der Waals surface area contributed by atoms with Gasteiger partial charge in [-0.2, -0.15) is 0 Å². The normalized spacial score (nSPS) is 11.1. The van der Waals surface area contributed by atoms with E-state index in [1.807, 2.05) is 0 Å². The van der Waals surface area contributed by atoms with Gasteiger partial charge in [-0.25, -0.2) is 9.48 Å². The summed E-state index contributed by atoms with van der Waals surface area (Å²) in [5, 5.41) is 21.3. The Morgan fingerprint density at radius 1 is 1.53 bits per heavy atom. The lowest BCUT2D eigenvalue weighted by Gasteiger charge is -2.20. The number of tetrazole rings is 1. The highest BCUT2D eigenvalue weighted by molar-refractivity contribution is 5.86. The lowest BCUT2D eigenvalue weighted by atomic mass is 10.1. The van der Waals surface area contributed by atoms with E-state index in [0.29, 0.717) is 0 Å². The van der Waals surface area contributed by atoms with Crippen molar-refractivity contribution in [2.75, 3.05) is 0 Å². The maximum Gasteiger partial charge on any atom is 0.328 e. The Hall–Kier alpha value is -1.99. The van der Waals surface area contributed by atoms with Gasteiger partial charge in [0.25, 0.3) is 0 Å². The first-order valence-electron chi connectivity index (χ1n) is 4.17. The van der Waals surface area contributed by atoms with Gasteiger partial charge in [0.2, 0.25) is 5.91 Å². The van der Waals surface area contributed by atoms with Gasteiger partial charge in [-0.05, 0) is 24.3 Å². The number of nitrogens with one attached hydrogen (secondary N) is 1. The molecule has 0 fully saturated rings. The predicted molar refractivity (Wildman–Crippen MR) is 47.7 cm³/mol. The maximum atomic E-state index is 11.3. The van der Waals surface area contributed by atoms with Crippen LogP contribution in [0.1, 0.15) is 13.8 Å². The summed E-state index contributed by atoms with van der Waals surface area (Å²) in [5.41, 5.74) is -1.30. The van der Waals surface area contributed by atoms with Crippen LogP contribution in [0, 0.1) is 0 Å². The van der Waals surface area contributed by atoms with Crippen molar-refractivity contribution in [1.29, 1.82) is 0 Å². The van der Waals surface area contributed by atoms with Crippen LogP contribution < -0.4 is 5.32 Å². The van der Waals surface area contributed by atoms with E-state index in [1.54, 1.807) is 0 Å². The molecule has 8 heteroatoms. The summed E-state index contributed by atoms with van der Waals surface area (Å²) in [5.74, 6) is -1.57. The van der Waals surface area contributed by atoms with Crippen molar-refractivity contribution >= 4 is 11.9 Å². The third-order valence-corrected chi connectivity index (χ3v) is 1.68. The van der Waals surface area contributed by atoms with Crippen molar-refractivity contribution in [3.63, 3.8) is 0 Å². The fourth-order valence-electron chi connectivity index (χ4n) is 0.841. The van der Waals surface area contributed by atoms with E-state index in [0.717, 1.165) is 0 Å². The largest absolute Gasteiger partial charge is 0.480 e. The van der Waals surface area contributed by atoms with Crippen LogP contribution in [0.4, 0.5) is 0 Å². The molecule has 0 aliphatic heterocycles. The van der Waals surface area contributed by atoms with Gasteiger partial charge in [-0.3, -0.25) is 4.79 Å². The Morgan fingerprint density at radius 3 is 2.67 bits per heavy atom. The van der Waals surface area contributed by atoms with Crippen molar-refractivity contribution in [3.05, 3.63) is 6.33 Å². The summed E-state index contributed by atoms with van der Waals surface area (Å²) in [6.07, 6.45) is 1.27.